The fourth-order valence-electron chi connectivity index (χ4n) is 4.21. The van der Waals surface area contributed by atoms with Gasteiger partial charge >= 0.3 is 0 Å². The van der Waals surface area contributed by atoms with E-state index in [1.54, 1.807) is 18.2 Å². The van der Waals surface area contributed by atoms with Crippen LogP contribution in [-0.2, 0) is 6.42 Å². The van der Waals surface area contributed by atoms with Gasteiger partial charge in [0, 0.05) is 36.4 Å². The molecule has 2 aromatic rings. The lowest BCUT2D eigenvalue weighted by Gasteiger charge is -2.25. The van der Waals surface area contributed by atoms with E-state index in [-0.39, 0.29) is 11.7 Å². The smallest absolute Gasteiger partial charge is 0.256 e. The zero-order valence-electron chi connectivity index (χ0n) is 20.2. The summed E-state index contributed by atoms with van der Waals surface area (Å²) in [7, 11) is 0. The Kier molecular flexibility index (Phi) is 8.72. The molecule has 0 bridgehead atoms. The minimum Gasteiger partial charge on any atom is -0.490 e. The molecule has 2 aromatic carbocycles. The van der Waals surface area contributed by atoms with Crippen molar-refractivity contribution >= 4 is 17.4 Å². The Morgan fingerprint density at radius 3 is 2.48 bits per heavy atom. The van der Waals surface area contributed by atoms with Crippen LogP contribution < -0.4 is 19.7 Å². The molecule has 0 radical (unpaired) electrons. The predicted octanol–water partition coefficient (Wildman–Crippen LogP) is 3.94. The predicted molar refractivity (Wildman–Crippen MR) is 133 cm³/mol. The number of carbonyl (C=O) groups excluding carboxylic acids is 1. The van der Waals surface area contributed by atoms with E-state index < -0.39 is 0 Å². The number of hydrogen-bond donors (Lipinski definition) is 2. The molecule has 1 amide bonds. The Hall–Kier alpha value is -3.06. The maximum absolute atomic E-state index is 12.9. The van der Waals surface area contributed by atoms with Crippen molar-refractivity contribution in [2.24, 2.45) is 0 Å². The summed E-state index contributed by atoms with van der Waals surface area (Å²) in [6, 6.07) is 11.1. The summed E-state index contributed by atoms with van der Waals surface area (Å²) in [5.74, 6) is 0.923. The van der Waals surface area contributed by atoms with E-state index in [1.165, 1.54) is 5.69 Å². The fraction of sp³-hybridized carbons (Fsp3) is 0.462. The number of benzene rings is 2. The van der Waals surface area contributed by atoms with E-state index in [0.29, 0.717) is 30.3 Å². The number of ether oxygens (including phenoxy) is 2. The first-order valence-corrected chi connectivity index (χ1v) is 11.9. The number of amides is 1. The Morgan fingerprint density at radius 1 is 1.06 bits per heavy atom. The molecule has 1 aliphatic heterocycles. The summed E-state index contributed by atoms with van der Waals surface area (Å²) >= 11 is 0. The molecule has 33 heavy (non-hydrogen) atoms. The highest BCUT2D eigenvalue weighted by atomic mass is 16.5. The minimum atomic E-state index is -0.335. The summed E-state index contributed by atoms with van der Waals surface area (Å²) in [6.07, 6.45) is 0.875. The molecular weight excluding hydrogens is 416 g/mol. The molecule has 3 rings (SSSR count). The highest BCUT2D eigenvalue weighted by Gasteiger charge is 2.24. The number of carbonyl (C=O) groups is 1. The van der Waals surface area contributed by atoms with E-state index >= 15 is 0 Å². The molecule has 0 atom stereocenters. The first-order valence-electron chi connectivity index (χ1n) is 11.9. The Bertz CT molecular complexity index is 972. The number of fused-ring (bicyclic) bond motifs is 1. The zero-order chi connectivity index (χ0) is 23.8. The molecule has 2 N–H and O–H groups in total. The molecular formula is C26H36N4O3. The normalized spacial score (nSPS) is 12.6. The van der Waals surface area contributed by atoms with E-state index in [2.05, 4.69) is 35.0 Å². The molecule has 1 aliphatic rings. The van der Waals surface area contributed by atoms with Crippen LogP contribution in [-0.4, -0.2) is 62.6 Å². The molecule has 0 saturated carbocycles. The molecule has 0 unspecified atom stereocenters. The summed E-state index contributed by atoms with van der Waals surface area (Å²) in [4.78, 5) is 17.7. The lowest BCUT2D eigenvalue weighted by atomic mass is 10.0. The number of likely N-dealkylation sites (N-methyl/N-ethyl adjacent to an activating group) is 1. The van der Waals surface area contributed by atoms with Gasteiger partial charge in [0.25, 0.3) is 5.91 Å². The Morgan fingerprint density at radius 2 is 1.79 bits per heavy atom. The highest BCUT2D eigenvalue weighted by Crippen LogP contribution is 2.31. The first kappa shape index (κ1) is 24.6. The molecule has 7 heteroatoms. The van der Waals surface area contributed by atoms with Crippen molar-refractivity contribution in [2.75, 3.05) is 50.8 Å². The van der Waals surface area contributed by atoms with Crippen molar-refractivity contribution in [3.8, 4) is 11.5 Å². The monoisotopic (exact) mass is 452 g/mol. The highest BCUT2D eigenvalue weighted by molar-refractivity contribution is 6.12. The Balaban J connectivity index is 1.72. The van der Waals surface area contributed by atoms with Gasteiger partial charge in [-0.3, -0.25) is 10.2 Å². The summed E-state index contributed by atoms with van der Waals surface area (Å²) in [5.41, 5.74) is 3.50. The summed E-state index contributed by atoms with van der Waals surface area (Å²) in [6.45, 7) is 14.2. The van der Waals surface area contributed by atoms with Gasteiger partial charge < -0.3 is 24.6 Å². The van der Waals surface area contributed by atoms with E-state index in [4.69, 9.17) is 14.9 Å². The summed E-state index contributed by atoms with van der Waals surface area (Å²) in [5, 5.41) is 11.4. The van der Waals surface area contributed by atoms with Gasteiger partial charge in [0.2, 0.25) is 0 Å². The average molecular weight is 453 g/mol. The van der Waals surface area contributed by atoms with Crippen LogP contribution in [0.3, 0.4) is 0 Å². The van der Waals surface area contributed by atoms with Crippen LogP contribution in [0.2, 0.25) is 0 Å². The van der Waals surface area contributed by atoms with E-state index in [9.17, 15) is 4.79 Å². The second-order valence-electron chi connectivity index (χ2n) is 7.92. The van der Waals surface area contributed by atoms with Crippen LogP contribution in [0.15, 0.2) is 36.4 Å². The Labute approximate surface area is 197 Å². The fourth-order valence-corrected chi connectivity index (χ4v) is 4.21. The topological polar surface area (TPSA) is 77.9 Å². The molecule has 0 aliphatic carbocycles. The van der Waals surface area contributed by atoms with Crippen molar-refractivity contribution in [3.63, 3.8) is 0 Å². The van der Waals surface area contributed by atoms with Gasteiger partial charge in [-0.2, -0.15) is 0 Å². The van der Waals surface area contributed by atoms with Crippen LogP contribution in [0, 0.1) is 5.41 Å². The summed E-state index contributed by atoms with van der Waals surface area (Å²) < 4.78 is 11.2. The van der Waals surface area contributed by atoms with Crippen LogP contribution >= 0.6 is 0 Å². The third-order valence-corrected chi connectivity index (χ3v) is 6.02. The third-order valence-electron chi connectivity index (χ3n) is 6.02. The van der Waals surface area contributed by atoms with Crippen molar-refractivity contribution < 1.29 is 14.3 Å². The van der Waals surface area contributed by atoms with Gasteiger partial charge in [0.15, 0.2) is 11.5 Å². The average Bonchev–Trinajstić information content (AvgIpc) is 3.24. The quantitative estimate of drug-likeness (QED) is 0.399. The van der Waals surface area contributed by atoms with Crippen LogP contribution in [0.25, 0.3) is 0 Å². The molecule has 0 fully saturated rings. The van der Waals surface area contributed by atoms with E-state index in [0.717, 1.165) is 50.3 Å². The number of rotatable bonds is 11. The van der Waals surface area contributed by atoms with Gasteiger partial charge in [-0.15, -0.1) is 0 Å². The zero-order valence-corrected chi connectivity index (χ0v) is 20.2. The van der Waals surface area contributed by atoms with Crippen LogP contribution in [0.4, 0.5) is 5.69 Å². The number of anilines is 1. The number of hydrogen-bond acceptors (Lipinski definition) is 6. The third kappa shape index (κ3) is 5.85. The van der Waals surface area contributed by atoms with Crippen molar-refractivity contribution in [1.82, 2.24) is 10.2 Å². The van der Waals surface area contributed by atoms with E-state index in [1.807, 2.05) is 26.0 Å². The lowest BCUT2D eigenvalue weighted by Crippen LogP contribution is -2.34. The maximum Gasteiger partial charge on any atom is 0.256 e. The first-order chi connectivity index (χ1) is 16.0. The molecule has 0 spiro atoms. The largest absolute Gasteiger partial charge is 0.490 e. The lowest BCUT2D eigenvalue weighted by molar-refractivity contribution is 0.0976. The van der Waals surface area contributed by atoms with Gasteiger partial charge in [-0.25, -0.2) is 0 Å². The van der Waals surface area contributed by atoms with Gasteiger partial charge in [-0.05, 0) is 63.2 Å². The number of amidine groups is 1. The minimum absolute atomic E-state index is 0.120. The standard InChI is InChI=1S/C26H36N4O3/c1-5-29(6-2)16-17-30-15-14-20-21(10-9-11-22(20)30)25(27)28-26(31)19-12-13-23(32-7-3)24(18-19)33-8-4/h9-13,18H,5-8,14-17H2,1-4H3,(H2,27,28,31). The van der Waals surface area contributed by atoms with Crippen molar-refractivity contribution in [2.45, 2.75) is 34.1 Å². The van der Waals surface area contributed by atoms with Gasteiger partial charge in [0.1, 0.15) is 5.84 Å². The maximum atomic E-state index is 12.9. The second kappa shape index (κ2) is 11.7. The van der Waals surface area contributed by atoms with Gasteiger partial charge in [0.05, 0.1) is 13.2 Å². The molecule has 1 heterocycles. The number of nitrogens with one attached hydrogen (secondary N) is 2. The van der Waals surface area contributed by atoms with Gasteiger partial charge in [-0.1, -0.05) is 26.0 Å². The second-order valence-corrected chi connectivity index (χ2v) is 7.92. The SMILES string of the molecule is CCOc1ccc(C(=O)NC(=N)c2cccc3c2CCN3CCN(CC)CC)cc1OCC. The molecule has 0 aromatic heterocycles. The van der Waals surface area contributed by atoms with Crippen LogP contribution in [0.1, 0.15) is 49.2 Å². The molecule has 178 valence electrons. The van der Waals surface area contributed by atoms with Crippen molar-refractivity contribution in [1.29, 1.82) is 5.41 Å². The van der Waals surface area contributed by atoms with Crippen LogP contribution in [0.5, 0.6) is 11.5 Å². The molecule has 7 nitrogen and oxygen atoms in total. The molecule has 0 saturated heterocycles. The number of nitrogens with zero attached hydrogens (tertiary/aromatic N) is 2. The van der Waals surface area contributed by atoms with Crippen molar-refractivity contribution in [3.05, 3.63) is 53.1 Å².